The molecule has 1 amide bonds. The third-order valence-electron chi connectivity index (χ3n) is 4.41. The van der Waals surface area contributed by atoms with E-state index in [4.69, 9.17) is 4.74 Å². The van der Waals surface area contributed by atoms with Gasteiger partial charge in [-0.3, -0.25) is 9.69 Å². The number of benzene rings is 1. The number of β-lactam (4-membered cyclic amide) rings is 1. The number of rotatable bonds is 8. The van der Waals surface area contributed by atoms with E-state index in [2.05, 4.69) is 22.3 Å². The van der Waals surface area contributed by atoms with Crippen LogP contribution < -0.4 is 10.1 Å². The summed E-state index contributed by atoms with van der Waals surface area (Å²) in [6.45, 7) is 1.52. The molecule has 0 bridgehead atoms. The number of hydrogen-bond acceptors (Lipinski definition) is 4. The molecule has 1 aliphatic carbocycles. The van der Waals surface area contributed by atoms with E-state index in [9.17, 15) is 9.90 Å². The van der Waals surface area contributed by atoms with Crippen molar-refractivity contribution in [3.8, 4) is 5.75 Å². The van der Waals surface area contributed by atoms with Gasteiger partial charge in [0.2, 0.25) is 5.91 Å². The van der Waals surface area contributed by atoms with Gasteiger partial charge in [-0.05, 0) is 37.0 Å². The summed E-state index contributed by atoms with van der Waals surface area (Å²) in [5, 5.41) is 13.1. The summed E-state index contributed by atoms with van der Waals surface area (Å²) in [4.78, 5) is 13.3. The minimum absolute atomic E-state index is 0.0921. The topological polar surface area (TPSA) is 61.8 Å². The number of amides is 1. The number of carbonyl (C=O) groups excluding carboxylic acids is 1. The minimum atomic E-state index is -0.385. The van der Waals surface area contributed by atoms with Crippen LogP contribution in [0, 0.1) is 0 Å². The van der Waals surface area contributed by atoms with Crippen LogP contribution >= 0.6 is 0 Å². The second-order valence-electron chi connectivity index (χ2n) is 6.37. The highest BCUT2D eigenvalue weighted by molar-refractivity contribution is 5.82. The summed E-state index contributed by atoms with van der Waals surface area (Å²) in [6.07, 6.45) is 3.24. The van der Waals surface area contributed by atoms with Crippen LogP contribution in [-0.4, -0.2) is 47.8 Å². The summed E-state index contributed by atoms with van der Waals surface area (Å²) in [5.74, 6) is 0.956. The average molecular weight is 304 g/mol. The van der Waals surface area contributed by atoms with Crippen LogP contribution in [0.5, 0.6) is 5.75 Å². The van der Waals surface area contributed by atoms with E-state index < -0.39 is 0 Å². The van der Waals surface area contributed by atoms with Crippen LogP contribution in [0.25, 0.3) is 0 Å². The van der Waals surface area contributed by atoms with Gasteiger partial charge in [0.15, 0.2) is 0 Å². The molecule has 22 heavy (non-hydrogen) atoms. The van der Waals surface area contributed by atoms with Gasteiger partial charge in [-0.15, -0.1) is 0 Å². The zero-order valence-corrected chi connectivity index (χ0v) is 13.0. The standard InChI is InChI=1S/C17H24N2O3/c1-22-16-6-2-12(3-7-16)10-19(14-4-5-14)11-15(20)8-13-9-17(21)18-13/h2-3,6-7,13-15,20H,4-5,8-11H2,1H3,(H,18,21). The molecule has 2 atom stereocenters. The molecule has 1 heterocycles. The van der Waals surface area contributed by atoms with Crippen molar-refractivity contribution in [1.82, 2.24) is 10.2 Å². The lowest BCUT2D eigenvalue weighted by Crippen LogP contribution is -2.51. The average Bonchev–Trinajstić information content (AvgIpc) is 3.30. The highest BCUT2D eigenvalue weighted by Gasteiger charge is 2.32. The van der Waals surface area contributed by atoms with Crippen molar-refractivity contribution in [3.05, 3.63) is 29.8 Å². The highest BCUT2D eigenvalue weighted by Crippen LogP contribution is 2.29. The van der Waals surface area contributed by atoms with Gasteiger partial charge < -0.3 is 15.2 Å². The Labute approximate surface area is 131 Å². The van der Waals surface area contributed by atoms with Gasteiger partial charge in [0.05, 0.1) is 13.2 Å². The van der Waals surface area contributed by atoms with E-state index in [-0.39, 0.29) is 18.1 Å². The highest BCUT2D eigenvalue weighted by atomic mass is 16.5. The largest absolute Gasteiger partial charge is 0.497 e. The molecule has 120 valence electrons. The van der Waals surface area contributed by atoms with Gasteiger partial charge in [-0.2, -0.15) is 0 Å². The molecule has 2 fully saturated rings. The third kappa shape index (κ3) is 3.99. The SMILES string of the molecule is COc1ccc(CN(CC(O)CC2CC(=O)N2)C2CC2)cc1. The first kappa shape index (κ1) is 15.3. The lowest BCUT2D eigenvalue weighted by atomic mass is 9.99. The first-order valence-electron chi connectivity index (χ1n) is 7.98. The van der Waals surface area contributed by atoms with Crippen molar-refractivity contribution in [1.29, 1.82) is 0 Å². The Morgan fingerprint density at radius 3 is 2.59 bits per heavy atom. The molecule has 1 saturated heterocycles. The number of aliphatic hydroxyl groups is 1. The van der Waals surface area contributed by atoms with Crippen LogP contribution in [0.1, 0.15) is 31.2 Å². The number of methoxy groups -OCH3 is 1. The van der Waals surface area contributed by atoms with Crippen LogP contribution in [0.2, 0.25) is 0 Å². The van der Waals surface area contributed by atoms with Crippen LogP contribution in [0.4, 0.5) is 0 Å². The molecule has 3 rings (SSSR count). The molecule has 2 aliphatic rings. The molecule has 0 radical (unpaired) electrons. The van der Waals surface area contributed by atoms with Gasteiger partial charge in [-0.1, -0.05) is 12.1 Å². The van der Waals surface area contributed by atoms with Crippen molar-refractivity contribution < 1.29 is 14.6 Å². The minimum Gasteiger partial charge on any atom is -0.497 e. The number of carbonyl (C=O) groups is 1. The van der Waals surface area contributed by atoms with Crippen LogP contribution in [0.3, 0.4) is 0 Å². The Balaban J connectivity index is 1.52. The van der Waals surface area contributed by atoms with E-state index in [0.29, 0.717) is 25.4 Å². The second-order valence-corrected chi connectivity index (χ2v) is 6.37. The van der Waals surface area contributed by atoms with Gasteiger partial charge in [0, 0.05) is 31.6 Å². The molecule has 5 heteroatoms. The zero-order chi connectivity index (χ0) is 15.5. The molecule has 0 spiro atoms. The molecule has 1 aromatic carbocycles. The van der Waals surface area contributed by atoms with Gasteiger partial charge in [0.25, 0.3) is 0 Å². The second kappa shape index (κ2) is 6.67. The quantitative estimate of drug-likeness (QED) is 0.711. The van der Waals surface area contributed by atoms with Crippen molar-refractivity contribution in [3.63, 3.8) is 0 Å². The molecule has 1 aliphatic heterocycles. The van der Waals surface area contributed by atoms with E-state index in [1.807, 2.05) is 12.1 Å². The third-order valence-corrected chi connectivity index (χ3v) is 4.41. The number of hydrogen-bond donors (Lipinski definition) is 2. The Bertz CT molecular complexity index is 505. The number of nitrogens with zero attached hydrogens (tertiary/aromatic N) is 1. The molecule has 2 unspecified atom stereocenters. The van der Waals surface area contributed by atoms with Gasteiger partial charge in [-0.25, -0.2) is 0 Å². The van der Waals surface area contributed by atoms with E-state index in [1.54, 1.807) is 7.11 Å². The Kier molecular flexibility index (Phi) is 4.64. The van der Waals surface area contributed by atoms with E-state index in [0.717, 1.165) is 12.3 Å². The normalized spacial score (nSPS) is 22.1. The fraction of sp³-hybridized carbons (Fsp3) is 0.588. The van der Waals surface area contributed by atoms with E-state index >= 15 is 0 Å². The Morgan fingerprint density at radius 2 is 2.05 bits per heavy atom. The number of aliphatic hydroxyl groups excluding tert-OH is 1. The maximum atomic E-state index is 10.9. The monoisotopic (exact) mass is 304 g/mol. The summed E-state index contributed by atoms with van der Waals surface area (Å²) in [7, 11) is 1.67. The maximum absolute atomic E-state index is 10.9. The summed E-state index contributed by atoms with van der Waals surface area (Å²) < 4.78 is 5.18. The smallest absolute Gasteiger partial charge is 0.222 e. The summed E-state index contributed by atoms with van der Waals surface area (Å²) >= 11 is 0. The number of ether oxygens (including phenoxy) is 1. The number of nitrogens with one attached hydrogen (secondary N) is 1. The van der Waals surface area contributed by atoms with Gasteiger partial charge >= 0.3 is 0 Å². The molecule has 1 saturated carbocycles. The van der Waals surface area contributed by atoms with Crippen LogP contribution in [-0.2, 0) is 11.3 Å². The summed E-state index contributed by atoms with van der Waals surface area (Å²) in [6, 6.07) is 8.85. The lowest BCUT2D eigenvalue weighted by Gasteiger charge is -2.31. The van der Waals surface area contributed by atoms with E-state index in [1.165, 1.54) is 18.4 Å². The fourth-order valence-electron chi connectivity index (χ4n) is 2.99. The predicted molar refractivity (Wildman–Crippen MR) is 83.6 cm³/mol. The first-order chi connectivity index (χ1) is 10.6. The molecular formula is C17H24N2O3. The van der Waals surface area contributed by atoms with Crippen molar-refractivity contribution in [2.45, 2.75) is 50.4 Å². The van der Waals surface area contributed by atoms with Crippen LogP contribution in [0.15, 0.2) is 24.3 Å². The Hall–Kier alpha value is -1.59. The summed E-state index contributed by atoms with van der Waals surface area (Å²) in [5.41, 5.74) is 1.23. The zero-order valence-electron chi connectivity index (χ0n) is 13.0. The molecule has 2 N–H and O–H groups in total. The molecular weight excluding hydrogens is 280 g/mol. The van der Waals surface area contributed by atoms with Crippen molar-refractivity contribution in [2.75, 3.05) is 13.7 Å². The van der Waals surface area contributed by atoms with Crippen molar-refractivity contribution >= 4 is 5.91 Å². The van der Waals surface area contributed by atoms with Crippen molar-refractivity contribution in [2.24, 2.45) is 0 Å². The molecule has 5 nitrogen and oxygen atoms in total. The lowest BCUT2D eigenvalue weighted by molar-refractivity contribution is -0.128. The maximum Gasteiger partial charge on any atom is 0.222 e. The fourth-order valence-corrected chi connectivity index (χ4v) is 2.99. The Morgan fingerprint density at radius 1 is 1.36 bits per heavy atom. The first-order valence-corrected chi connectivity index (χ1v) is 7.98. The molecule has 1 aromatic rings. The van der Waals surface area contributed by atoms with Gasteiger partial charge in [0.1, 0.15) is 5.75 Å². The predicted octanol–water partition coefficient (Wildman–Crippen LogP) is 1.30. The molecule has 0 aromatic heterocycles.